The smallest absolute Gasteiger partial charge is 0.0396 e. The summed E-state index contributed by atoms with van der Waals surface area (Å²) in [5, 5.41) is 0. The molecule has 0 aliphatic carbocycles. The molecule has 0 saturated carbocycles. The molecular weight excluding hydrogens is 208 g/mol. The van der Waals surface area contributed by atoms with Crippen molar-refractivity contribution >= 4 is 5.69 Å². The van der Waals surface area contributed by atoms with E-state index in [2.05, 4.69) is 48.8 Å². The van der Waals surface area contributed by atoms with Crippen molar-refractivity contribution in [3.63, 3.8) is 0 Å². The standard InChI is InChI=1S/C15H24N2/c1-4-7-16-8-10-17(11-9-16)15-6-5-13(2)12-14(15)3/h5-6,12H,4,7-11H2,1-3H3. The molecule has 17 heavy (non-hydrogen) atoms. The maximum atomic E-state index is 2.57. The zero-order valence-electron chi connectivity index (χ0n) is 11.4. The molecule has 1 aromatic carbocycles. The van der Waals surface area contributed by atoms with E-state index in [4.69, 9.17) is 0 Å². The molecule has 2 heteroatoms. The Morgan fingerprint density at radius 3 is 2.35 bits per heavy atom. The van der Waals surface area contributed by atoms with Gasteiger partial charge < -0.3 is 4.90 Å². The maximum absolute atomic E-state index is 2.57. The van der Waals surface area contributed by atoms with Crippen LogP contribution < -0.4 is 4.90 Å². The van der Waals surface area contributed by atoms with E-state index in [1.807, 2.05) is 0 Å². The zero-order chi connectivity index (χ0) is 12.3. The average Bonchev–Trinajstić information content (AvgIpc) is 2.31. The van der Waals surface area contributed by atoms with Gasteiger partial charge in [0.2, 0.25) is 0 Å². The van der Waals surface area contributed by atoms with Gasteiger partial charge in [0.05, 0.1) is 0 Å². The number of anilines is 1. The number of hydrogen-bond acceptors (Lipinski definition) is 2. The summed E-state index contributed by atoms with van der Waals surface area (Å²) < 4.78 is 0. The highest BCUT2D eigenvalue weighted by Crippen LogP contribution is 2.22. The topological polar surface area (TPSA) is 6.48 Å². The van der Waals surface area contributed by atoms with E-state index in [0.717, 1.165) is 0 Å². The molecular formula is C15H24N2. The Kier molecular flexibility index (Phi) is 4.06. The predicted octanol–water partition coefficient (Wildman–Crippen LogP) is 2.84. The molecule has 1 aliphatic rings. The van der Waals surface area contributed by atoms with Crippen LogP contribution in [0, 0.1) is 13.8 Å². The fourth-order valence-electron chi connectivity index (χ4n) is 2.69. The maximum Gasteiger partial charge on any atom is 0.0396 e. The Morgan fingerprint density at radius 2 is 1.76 bits per heavy atom. The van der Waals surface area contributed by atoms with Crippen LogP contribution in [-0.2, 0) is 0 Å². The van der Waals surface area contributed by atoms with Gasteiger partial charge in [0.15, 0.2) is 0 Å². The Bertz CT molecular complexity index is 365. The van der Waals surface area contributed by atoms with Crippen molar-refractivity contribution in [3.8, 4) is 0 Å². The molecule has 1 aliphatic heterocycles. The summed E-state index contributed by atoms with van der Waals surface area (Å²) in [5.41, 5.74) is 4.19. The lowest BCUT2D eigenvalue weighted by Crippen LogP contribution is -2.46. The van der Waals surface area contributed by atoms with Gasteiger partial charge in [-0.15, -0.1) is 0 Å². The summed E-state index contributed by atoms with van der Waals surface area (Å²) in [6.45, 7) is 12.7. The van der Waals surface area contributed by atoms with Crippen molar-refractivity contribution in [3.05, 3.63) is 29.3 Å². The second-order valence-corrected chi connectivity index (χ2v) is 5.12. The first-order chi connectivity index (χ1) is 8.20. The first kappa shape index (κ1) is 12.4. The quantitative estimate of drug-likeness (QED) is 0.790. The third-order valence-electron chi connectivity index (χ3n) is 3.61. The molecule has 94 valence electrons. The van der Waals surface area contributed by atoms with Crippen LogP contribution in [0.15, 0.2) is 18.2 Å². The Morgan fingerprint density at radius 1 is 1.06 bits per heavy atom. The van der Waals surface area contributed by atoms with Crippen molar-refractivity contribution in [2.45, 2.75) is 27.2 Å². The SMILES string of the molecule is CCCN1CCN(c2ccc(C)cc2C)CC1. The van der Waals surface area contributed by atoms with E-state index < -0.39 is 0 Å². The highest BCUT2D eigenvalue weighted by atomic mass is 15.3. The fraction of sp³-hybridized carbons (Fsp3) is 0.600. The van der Waals surface area contributed by atoms with Crippen molar-refractivity contribution in [2.24, 2.45) is 0 Å². The Balaban J connectivity index is 2.00. The molecule has 1 aromatic rings. The van der Waals surface area contributed by atoms with Crippen LogP contribution in [0.1, 0.15) is 24.5 Å². The molecule has 1 fully saturated rings. The summed E-state index contributed by atoms with van der Waals surface area (Å²) in [5.74, 6) is 0. The minimum Gasteiger partial charge on any atom is -0.369 e. The van der Waals surface area contributed by atoms with Gasteiger partial charge in [-0.05, 0) is 38.4 Å². The van der Waals surface area contributed by atoms with Gasteiger partial charge in [-0.1, -0.05) is 24.6 Å². The van der Waals surface area contributed by atoms with Gasteiger partial charge in [-0.3, -0.25) is 4.90 Å². The summed E-state index contributed by atoms with van der Waals surface area (Å²) in [4.78, 5) is 5.10. The molecule has 0 N–H and O–H groups in total. The Hall–Kier alpha value is -1.02. The van der Waals surface area contributed by atoms with Gasteiger partial charge in [0.1, 0.15) is 0 Å². The molecule has 2 rings (SSSR count). The van der Waals surface area contributed by atoms with Crippen LogP contribution in [0.4, 0.5) is 5.69 Å². The second-order valence-electron chi connectivity index (χ2n) is 5.12. The van der Waals surface area contributed by atoms with E-state index in [9.17, 15) is 0 Å². The molecule has 0 bridgehead atoms. The van der Waals surface area contributed by atoms with Gasteiger partial charge in [0.25, 0.3) is 0 Å². The lowest BCUT2D eigenvalue weighted by atomic mass is 10.1. The monoisotopic (exact) mass is 232 g/mol. The van der Waals surface area contributed by atoms with Crippen molar-refractivity contribution in [2.75, 3.05) is 37.6 Å². The molecule has 0 amide bonds. The number of hydrogen-bond donors (Lipinski definition) is 0. The van der Waals surface area contributed by atoms with Gasteiger partial charge in [-0.2, -0.15) is 0 Å². The van der Waals surface area contributed by atoms with Gasteiger partial charge in [0, 0.05) is 31.9 Å². The number of nitrogens with zero attached hydrogens (tertiary/aromatic N) is 2. The summed E-state index contributed by atoms with van der Waals surface area (Å²) in [6.07, 6.45) is 1.27. The summed E-state index contributed by atoms with van der Waals surface area (Å²) >= 11 is 0. The predicted molar refractivity (Wildman–Crippen MR) is 74.9 cm³/mol. The minimum absolute atomic E-state index is 1.17. The first-order valence-corrected chi connectivity index (χ1v) is 6.75. The first-order valence-electron chi connectivity index (χ1n) is 6.75. The van der Waals surface area contributed by atoms with E-state index in [1.165, 1.54) is 56.0 Å². The lowest BCUT2D eigenvalue weighted by molar-refractivity contribution is 0.258. The number of aryl methyl sites for hydroxylation is 2. The van der Waals surface area contributed by atoms with E-state index >= 15 is 0 Å². The van der Waals surface area contributed by atoms with Crippen LogP contribution >= 0.6 is 0 Å². The third-order valence-corrected chi connectivity index (χ3v) is 3.61. The highest BCUT2D eigenvalue weighted by molar-refractivity contribution is 5.54. The number of piperazine rings is 1. The van der Waals surface area contributed by atoms with E-state index in [1.54, 1.807) is 0 Å². The lowest BCUT2D eigenvalue weighted by Gasteiger charge is -2.36. The molecule has 0 radical (unpaired) electrons. The summed E-state index contributed by atoms with van der Waals surface area (Å²) in [6, 6.07) is 6.79. The molecule has 1 heterocycles. The van der Waals surface area contributed by atoms with Gasteiger partial charge >= 0.3 is 0 Å². The molecule has 0 aromatic heterocycles. The largest absolute Gasteiger partial charge is 0.369 e. The minimum atomic E-state index is 1.17. The van der Waals surface area contributed by atoms with Crippen LogP contribution in [0.5, 0.6) is 0 Å². The molecule has 0 unspecified atom stereocenters. The normalized spacial score (nSPS) is 17.5. The Labute approximate surface area is 105 Å². The van der Waals surface area contributed by atoms with Crippen molar-refractivity contribution < 1.29 is 0 Å². The fourth-order valence-corrected chi connectivity index (χ4v) is 2.69. The van der Waals surface area contributed by atoms with E-state index in [-0.39, 0.29) is 0 Å². The zero-order valence-corrected chi connectivity index (χ0v) is 11.4. The molecule has 0 spiro atoms. The third kappa shape index (κ3) is 3.01. The van der Waals surface area contributed by atoms with Crippen molar-refractivity contribution in [1.29, 1.82) is 0 Å². The van der Waals surface area contributed by atoms with Crippen LogP contribution in [0.3, 0.4) is 0 Å². The number of rotatable bonds is 3. The molecule has 2 nitrogen and oxygen atoms in total. The van der Waals surface area contributed by atoms with Crippen LogP contribution in [0.2, 0.25) is 0 Å². The molecule has 0 atom stereocenters. The highest BCUT2D eigenvalue weighted by Gasteiger charge is 2.17. The van der Waals surface area contributed by atoms with Gasteiger partial charge in [-0.25, -0.2) is 0 Å². The second kappa shape index (κ2) is 5.54. The van der Waals surface area contributed by atoms with Crippen molar-refractivity contribution in [1.82, 2.24) is 4.90 Å². The average molecular weight is 232 g/mol. The van der Waals surface area contributed by atoms with Crippen LogP contribution in [0.25, 0.3) is 0 Å². The molecule has 1 saturated heterocycles. The van der Waals surface area contributed by atoms with Crippen LogP contribution in [-0.4, -0.2) is 37.6 Å². The summed E-state index contributed by atoms with van der Waals surface area (Å²) in [7, 11) is 0. The van der Waals surface area contributed by atoms with E-state index in [0.29, 0.717) is 0 Å². The number of benzene rings is 1.